The molecule has 0 atom stereocenters. The fraction of sp³-hybridized carbons (Fsp3) is 0.222. The van der Waals surface area contributed by atoms with Crippen molar-refractivity contribution < 1.29 is 12.6 Å². The van der Waals surface area contributed by atoms with E-state index in [-0.39, 0.29) is 0 Å². The molecule has 1 aromatic heterocycles. The monoisotopic (exact) mass is 243 g/mol. The molecule has 0 unspecified atom stereocenters. The molecule has 0 saturated carbocycles. The zero-order valence-corrected chi connectivity index (χ0v) is 9.85. The van der Waals surface area contributed by atoms with Crippen molar-refractivity contribution in [1.29, 1.82) is 0 Å². The zero-order chi connectivity index (χ0) is 11.1. The number of fused-ring (bicyclic) bond motifs is 1. The molecule has 2 aromatic rings. The highest BCUT2D eigenvalue weighted by Crippen LogP contribution is 2.26. The zero-order valence-electron chi connectivity index (χ0n) is 8.22. The molecule has 0 bridgehead atoms. The van der Waals surface area contributed by atoms with Crippen molar-refractivity contribution in [3.8, 4) is 5.75 Å². The summed E-state index contributed by atoms with van der Waals surface area (Å²) < 4.78 is 31.8. The summed E-state index contributed by atoms with van der Waals surface area (Å²) in [6.07, 6.45) is 1.02. The minimum Gasteiger partial charge on any atom is -0.383 e. The Morgan fingerprint density at radius 3 is 2.80 bits per heavy atom. The number of aryl methyl sites for hydroxylation is 1. The summed E-state index contributed by atoms with van der Waals surface area (Å²) in [5.41, 5.74) is 0.883. The van der Waals surface area contributed by atoms with Gasteiger partial charge in [-0.3, -0.25) is 0 Å². The highest BCUT2D eigenvalue weighted by molar-refractivity contribution is 7.86. The van der Waals surface area contributed by atoms with Gasteiger partial charge in [0.1, 0.15) is 5.75 Å². The summed E-state index contributed by atoms with van der Waals surface area (Å²) in [4.78, 5) is 0. The summed E-state index contributed by atoms with van der Waals surface area (Å²) in [6.45, 7) is 1.88. The lowest BCUT2D eigenvalue weighted by molar-refractivity contribution is 0.493. The molecule has 80 valence electrons. The van der Waals surface area contributed by atoms with Crippen LogP contribution in [-0.2, 0) is 10.1 Å². The number of aromatic nitrogens is 1. The molecule has 0 fully saturated rings. The summed E-state index contributed by atoms with van der Waals surface area (Å²) in [7, 11) is -3.46. The van der Waals surface area contributed by atoms with Crippen molar-refractivity contribution in [3.63, 3.8) is 0 Å². The molecular weight excluding hydrogens is 234 g/mol. The van der Waals surface area contributed by atoms with Gasteiger partial charge in [-0.1, -0.05) is 0 Å². The minimum absolute atomic E-state index is 0.327. The second-order valence-electron chi connectivity index (χ2n) is 3.21. The van der Waals surface area contributed by atoms with Crippen LogP contribution in [-0.4, -0.2) is 19.0 Å². The van der Waals surface area contributed by atoms with Gasteiger partial charge in [-0.05, 0) is 36.7 Å². The highest BCUT2D eigenvalue weighted by atomic mass is 32.2. The van der Waals surface area contributed by atoms with E-state index >= 15 is 0 Å². The summed E-state index contributed by atoms with van der Waals surface area (Å²) in [6, 6.07) is 5.12. The van der Waals surface area contributed by atoms with Crippen molar-refractivity contribution in [2.24, 2.45) is 0 Å². The molecule has 6 heteroatoms. The van der Waals surface area contributed by atoms with E-state index < -0.39 is 10.1 Å². The maximum Gasteiger partial charge on any atom is 0.306 e. The van der Waals surface area contributed by atoms with E-state index in [0.29, 0.717) is 5.75 Å². The molecule has 1 heterocycles. The third-order valence-electron chi connectivity index (χ3n) is 1.87. The van der Waals surface area contributed by atoms with Gasteiger partial charge in [0.05, 0.1) is 16.6 Å². The first-order valence-electron chi connectivity index (χ1n) is 4.21. The van der Waals surface area contributed by atoms with Gasteiger partial charge in [-0.15, -0.1) is 0 Å². The molecule has 0 aliphatic carbocycles. The third kappa shape index (κ3) is 2.27. The first kappa shape index (κ1) is 10.4. The topological polar surface area (TPSA) is 56.3 Å². The summed E-state index contributed by atoms with van der Waals surface area (Å²) in [5.74, 6) is 0.327. The number of rotatable bonds is 2. The predicted molar refractivity (Wildman–Crippen MR) is 59.8 cm³/mol. The van der Waals surface area contributed by atoms with Crippen LogP contribution in [0.4, 0.5) is 0 Å². The van der Waals surface area contributed by atoms with Crippen LogP contribution < -0.4 is 4.18 Å². The Labute approximate surface area is 91.8 Å². The maximum atomic E-state index is 10.9. The molecule has 1 aromatic carbocycles. The number of benzene rings is 1. The van der Waals surface area contributed by atoms with E-state index in [4.69, 9.17) is 4.18 Å². The van der Waals surface area contributed by atoms with Gasteiger partial charge in [0, 0.05) is 5.39 Å². The fourth-order valence-electron chi connectivity index (χ4n) is 1.26. The van der Waals surface area contributed by atoms with Crippen molar-refractivity contribution in [2.75, 3.05) is 6.26 Å². The van der Waals surface area contributed by atoms with Gasteiger partial charge < -0.3 is 4.18 Å². The Balaban J connectivity index is 2.51. The molecule has 0 aliphatic heterocycles. The van der Waals surface area contributed by atoms with Gasteiger partial charge in [0.25, 0.3) is 0 Å². The molecule has 15 heavy (non-hydrogen) atoms. The molecule has 0 saturated heterocycles. The second-order valence-corrected chi connectivity index (χ2v) is 5.59. The molecule has 0 radical (unpaired) electrons. The van der Waals surface area contributed by atoms with E-state index in [1.54, 1.807) is 18.2 Å². The van der Waals surface area contributed by atoms with E-state index in [2.05, 4.69) is 4.37 Å². The quantitative estimate of drug-likeness (QED) is 0.756. The smallest absolute Gasteiger partial charge is 0.306 e. The van der Waals surface area contributed by atoms with Crippen molar-refractivity contribution in [3.05, 3.63) is 23.9 Å². The number of hydrogen-bond acceptors (Lipinski definition) is 5. The minimum atomic E-state index is -3.46. The van der Waals surface area contributed by atoms with Gasteiger partial charge in [-0.2, -0.15) is 12.8 Å². The van der Waals surface area contributed by atoms with Gasteiger partial charge in [0.2, 0.25) is 0 Å². The number of nitrogens with zero attached hydrogens (tertiary/aromatic N) is 1. The summed E-state index contributed by atoms with van der Waals surface area (Å²) >= 11 is 1.39. The predicted octanol–water partition coefficient (Wildman–Crippen LogP) is 1.94. The number of hydrogen-bond donors (Lipinski definition) is 0. The van der Waals surface area contributed by atoms with Crippen molar-refractivity contribution in [2.45, 2.75) is 6.92 Å². The van der Waals surface area contributed by atoms with Gasteiger partial charge >= 0.3 is 10.1 Å². The summed E-state index contributed by atoms with van der Waals surface area (Å²) in [5, 5.41) is 0.932. The lowest BCUT2D eigenvalue weighted by atomic mass is 10.2. The average molecular weight is 243 g/mol. The lowest BCUT2D eigenvalue weighted by Crippen LogP contribution is -2.05. The SMILES string of the molecule is Cc1nsc2ccc(OS(C)(=O)=O)cc12. The maximum absolute atomic E-state index is 10.9. The van der Waals surface area contributed by atoms with Crippen molar-refractivity contribution >= 4 is 31.7 Å². The first-order valence-corrected chi connectivity index (χ1v) is 6.80. The van der Waals surface area contributed by atoms with E-state index in [1.807, 2.05) is 6.92 Å². The highest BCUT2D eigenvalue weighted by Gasteiger charge is 2.07. The van der Waals surface area contributed by atoms with E-state index in [1.165, 1.54) is 11.5 Å². The van der Waals surface area contributed by atoms with Crippen LogP contribution in [0.3, 0.4) is 0 Å². The van der Waals surface area contributed by atoms with Crippen LogP contribution >= 0.6 is 11.5 Å². The van der Waals surface area contributed by atoms with Crippen LogP contribution in [0.2, 0.25) is 0 Å². The molecule has 0 aliphatic rings. The molecule has 0 amide bonds. The molecule has 0 N–H and O–H groups in total. The Morgan fingerprint density at radius 1 is 1.40 bits per heavy atom. The molecule has 4 nitrogen and oxygen atoms in total. The lowest BCUT2D eigenvalue weighted by Gasteiger charge is -2.02. The Hall–Kier alpha value is -1.14. The largest absolute Gasteiger partial charge is 0.383 e. The third-order valence-corrected chi connectivity index (χ3v) is 3.28. The average Bonchev–Trinajstić information content (AvgIpc) is 2.45. The van der Waals surface area contributed by atoms with Crippen LogP contribution in [0.25, 0.3) is 10.1 Å². The van der Waals surface area contributed by atoms with Crippen LogP contribution in [0.15, 0.2) is 18.2 Å². The standard InChI is InChI=1S/C9H9NO3S2/c1-6-8-5-7(13-15(2,11)12)3-4-9(8)14-10-6/h3-5H,1-2H3. The van der Waals surface area contributed by atoms with Crippen molar-refractivity contribution in [1.82, 2.24) is 4.37 Å². The Morgan fingerprint density at radius 2 is 2.13 bits per heavy atom. The van der Waals surface area contributed by atoms with Gasteiger partial charge in [-0.25, -0.2) is 0 Å². The van der Waals surface area contributed by atoms with E-state index in [9.17, 15) is 8.42 Å². The first-order chi connectivity index (χ1) is 6.96. The van der Waals surface area contributed by atoms with Crippen LogP contribution in [0, 0.1) is 6.92 Å². The fourth-order valence-corrected chi connectivity index (χ4v) is 2.49. The van der Waals surface area contributed by atoms with Crippen LogP contribution in [0.5, 0.6) is 5.75 Å². The second kappa shape index (κ2) is 3.46. The van der Waals surface area contributed by atoms with Gasteiger partial charge in [0.15, 0.2) is 0 Å². The molecule has 2 rings (SSSR count). The van der Waals surface area contributed by atoms with E-state index in [0.717, 1.165) is 22.0 Å². The molecular formula is C9H9NO3S2. The Bertz CT molecular complexity index is 601. The van der Waals surface area contributed by atoms with Crippen LogP contribution in [0.1, 0.15) is 5.69 Å². The Kier molecular flexibility index (Phi) is 2.40. The molecule has 0 spiro atoms. The normalized spacial score (nSPS) is 11.9.